The maximum atomic E-state index is 10.3. The van der Waals surface area contributed by atoms with Crippen LogP contribution >= 0.6 is 24.4 Å². The first-order chi connectivity index (χ1) is 9.57. The van der Waals surface area contributed by atoms with Crippen molar-refractivity contribution in [1.29, 1.82) is 0 Å². The highest BCUT2D eigenvalue weighted by Crippen LogP contribution is 2.00. The Kier molecular flexibility index (Phi) is 13.0. The van der Waals surface area contributed by atoms with Gasteiger partial charge in [-0.15, -0.1) is 24.4 Å². The van der Waals surface area contributed by atoms with E-state index in [-0.39, 0.29) is 24.3 Å². The van der Waals surface area contributed by atoms with Crippen LogP contribution in [0.15, 0.2) is 0 Å². The van der Waals surface area contributed by atoms with Gasteiger partial charge in [0.25, 0.3) is 0 Å². The molecular weight excluding hydrogens is 324 g/mol. The van der Waals surface area contributed by atoms with Crippen LogP contribution in [0.3, 0.4) is 0 Å². The summed E-state index contributed by atoms with van der Waals surface area (Å²) >= 11 is 4.43. The average Bonchev–Trinajstić information content (AvgIpc) is 2.35. The van der Waals surface area contributed by atoms with E-state index in [0.29, 0.717) is 0 Å². The second kappa shape index (κ2) is 12.4. The quantitative estimate of drug-likeness (QED) is 0.280. The molecule has 7 N–H and O–H groups in total. The summed E-state index contributed by atoms with van der Waals surface area (Å²) in [4.78, 5) is 40.3. The summed E-state index contributed by atoms with van der Waals surface area (Å²) < 4.78 is 0. The van der Waals surface area contributed by atoms with Crippen molar-refractivity contribution in [2.45, 2.75) is 24.9 Å². The lowest BCUT2D eigenvalue weighted by Gasteiger charge is -2.02. The lowest BCUT2D eigenvalue weighted by atomic mass is 10.2. The largest absolute Gasteiger partial charge is 0.481 e. The van der Waals surface area contributed by atoms with E-state index in [2.05, 4.69) is 12.6 Å². The number of carboxylic acid groups (broad SMARTS) is 3. The maximum absolute atomic E-state index is 10.3. The zero-order chi connectivity index (χ0) is 17.0. The zero-order valence-electron chi connectivity index (χ0n) is 11.0. The standard InChI is InChI=1S/C5H9NO4S.C5H9NO3S/c6-3(5(9)10)1-11-2-4(7)8;6-3(5(9)10)1-2-4(7)8/h3H,1-2,6H2,(H,7,8)(H,9,10);3H,1-2,6H2,(H,7,8)(H,9,10)/t3-;/m1./s1. The fourth-order valence-corrected chi connectivity index (χ4v) is 1.57. The number of carbonyl (C=O) groups excluding carboxylic acids is 1. The normalized spacial score (nSPS) is 12.5. The van der Waals surface area contributed by atoms with Gasteiger partial charge in [0, 0.05) is 12.2 Å². The first-order valence-electron chi connectivity index (χ1n) is 5.56. The van der Waals surface area contributed by atoms with E-state index >= 15 is 0 Å². The maximum Gasteiger partial charge on any atom is 0.321 e. The van der Waals surface area contributed by atoms with E-state index in [0.717, 1.165) is 11.8 Å². The van der Waals surface area contributed by atoms with E-state index in [9.17, 15) is 19.2 Å². The predicted molar refractivity (Wildman–Crippen MR) is 79.4 cm³/mol. The molecule has 1 unspecified atom stereocenters. The summed E-state index contributed by atoms with van der Waals surface area (Å²) in [6.07, 6.45) is 0.0606. The lowest BCUT2D eigenvalue weighted by Crippen LogP contribution is -2.32. The summed E-state index contributed by atoms with van der Waals surface area (Å²) in [5, 5.41) is 24.1. The van der Waals surface area contributed by atoms with Crippen molar-refractivity contribution < 1.29 is 34.5 Å². The minimum absolute atomic E-state index is 0.0898. The van der Waals surface area contributed by atoms with Gasteiger partial charge in [-0.3, -0.25) is 19.2 Å². The van der Waals surface area contributed by atoms with Gasteiger partial charge in [0.15, 0.2) is 0 Å². The molecule has 9 nitrogen and oxygen atoms in total. The van der Waals surface area contributed by atoms with Crippen LogP contribution in [0.2, 0.25) is 0 Å². The first-order valence-corrected chi connectivity index (χ1v) is 7.16. The fraction of sp³-hybridized carbons (Fsp3) is 0.600. The number of hydrogen-bond acceptors (Lipinski definition) is 7. The molecule has 122 valence electrons. The average molecular weight is 342 g/mol. The smallest absolute Gasteiger partial charge is 0.321 e. The van der Waals surface area contributed by atoms with Crippen molar-refractivity contribution in [3.05, 3.63) is 0 Å². The molecule has 0 saturated heterocycles. The van der Waals surface area contributed by atoms with Crippen molar-refractivity contribution in [2.75, 3.05) is 11.5 Å². The molecule has 0 aliphatic heterocycles. The molecule has 0 aromatic heterocycles. The molecule has 0 heterocycles. The number of rotatable bonds is 9. The van der Waals surface area contributed by atoms with Crippen LogP contribution in [0.5, 0.6) is 0 Å². The van der Waals surface area contributed by atoms with Crippen molar-refractivity contribution in [3.63, 3.8) is 0 Å². The van der Waals surface area contributed by atoms with Crippen LogP contribution in [0, 0.1) is 0 Å². The van der Waals surface area contributed by atoms with E-state index in [1.165, 1.54) is 0 Å². The Bertz CT molecular complexity index is 378. The van der Waals surface area contributed by atoms with Crippen molar-refractivity contribution in [1.82, 2.24) is 0 Å². The third-order valence-electron chi connectivity index (χ3n) is 1.83. The van der Waals surface area contributed by atoms with Gasteiger partial charge >= 0.3 is 17.9 Å². The minimum atomic E-state index is -1.11. The molecule has 0 aliphatic carbocycles. The SMILES string of the molecule is NC(CCC(=O)O)C(=O)S.N[C@H](CSCC(=O)O)C(=O)O. The second-order valence-electron chi connectivity index (χ2n) is 3.73. The molecule has 0 bridgehead atoms. The van der Waals surface area contributed by atoms with E-state index < -0.39 is 35.1 Å². The number of thiol groups is 1. The minimum Gasteiger partial charge on any atom is -0.481 e. The van der Waals surface area contributed by atoms with Gasteiger partial charge < -0.3 is 26.8 Å². The second-order valence-corrected chi connectivity index (χ2v) is 5.20. The number of thioether (sulfide) groups is 1. The molecule has 0 fully saturated rings. The number of hydrogen-bond donors (Lipinski definition) is 6. The molecule has 21 heavy (non-hydrogen) atoms. The van der Waals surface area contributed by atoms with Gasteiger partial charge in [-0.1, -0.05) is 0 Å². The Labute approximate surface area is 130 Å². The van der Waals surface area contributed by atoms with Gasteiger partial charge in [0.1, 0.15) is 6.04 Å². The summed E-state index contributed by atoms with van der Waals surface area (Å²) in [5.74, 6) is -3.01. The van der Waals surface area contributed by atoms with Gasteiger partial charge in [0.05, 0.1) is 11.8 Å². The number of carbonyl (C=O) groups is 4. The van der Waals surface area contributed by atoms with Crippen LogP contribution in [0.4, 0.5) is 0 Å². The molecular formula is C10H18N2O7S2. The Hall–Kier alpha value is -1.30. The highest BCUT2D eigenvalue weighted by Gasteiger charge is 2.11. The third kappa shape index (κ3) is 16.6. The van der Waals surface area contributed by atoms with Gasteiger partial charge in [-0.05, 0) is 6.42 Å². The highest BCUT2D eigenvalue weighted by molar-refractivity contribution is 8.00. The van der Waals surface area contributed by atoms with Crippen LogP contribution in [0.25, 0.3) is 0 Å². The summed E-state index contributed by atoms with van der Waals surface area (Å²) in [6.45, 7) is 0. The number of nitrogens with two attached hydrogens (primary N) is 2. The third-order valence-corrected chi connectivity index (χ3v) is 3.20. The topological polar surface area (TPSA) is 181 Å². The predicted octanol–water partition coefficient (Wildman–Crippen LogP) is -1.15. The number of carboxylic acids is 3. The lowest BCUT2D eigenvalue weighted by molar-refractivity contribution is -0.138. The van der Waals surface area contributed by atoms with E-state index in [4.69, 9.17) is 26.8 Å². The molecule has 2 atom stereocenters. The van der Waals surface area contributed by atoms with Crippen LogP contribution in [-0.2, 0) is 19.2 Å². The van der Waals surface area contributed by atoms with Crippen molar-refractivity contribution in [2.24, 2.45) is 11.5 Å². The molecule has 0 radical (unpaired) electrons. The highest BCUT2D eigenvalue weighted by atomic mass is 32.2. The van der Waals surface area contributed by atoms with E-state index in [1.807, 2.05) is 0 Å². The van der Waals surface area contributed by atoms with Gasteiger partial charge in [-0.25, -0.2) is 0 Å². The summed E-state index contributed by atoms with van der Waals surface area (Å²) in [6, 6.07) is -1.72. The van der Waals surface area contributed by atoms with Gasteiger partial charge in [-0.2, -0.15) is 0 Å². The van der Waals surface area contributed by atoms with Crippen LogP contribution in [0.1, 0.15) is 12.8 Å². The van der Waals surface area contributed by atoms with Crippen molar-refractivity contribution >= 4 is 47.4 Å². The molecule has 0 amide bonds. The summed E-state index contributed by atoms with van der Waals surface area (Å²) in [7, 11) is 0. The molecule has 0 spiro atoms. The summed E-state index contributed by atoms with van der Waals surface area (Å²) in [5.41, 5.74) is 10.3. The monoisotopic (exact) mass is 342 g/mol. The molecule has 0 aromatic rings. The Morgan fingerprint density at radius 1 is 1.00 bits per heavy atom. The Morgan fingerprint density at radius 2 is 1.52 bits per heavy atom. The molecule has 0 saturated carbocycles. The Morgan fingerprint density at radius 3 is 1.86 bits per heavy atom. The molecule has 11 heteroatoms. The Balaban J connectivity index is 0. The first kappa shape index (κ1) is 22.0. The zero-order valence-corrected chi connectivity index (χ0v) is 12.7. The van der Waals surface area contributed by atoms with Crippen molar-refractivity contribution in [3.8, 4) is 0 Å². The van der Waals surface area contributed by atoms with Crippen LogP contribution < -0.4 is 11.5 Å². The fourth-order valence-electron chi connectivity index (χ4n) is 0.747. The van der Waals surface area contributed by atoms with Crippen LogP contribution in [-0.4, -0.2) is 61.9 Å². The molecule has 0 rings (SSSR count). The molecule has 0 aromatic carbocycles. The van der Waals surface area contributed by atoms with Gasteiger partial charge in [0.2, 0.25) is 5.12 Å². The molecule has 0 aliphatic rings. The van der Waals surface area contributed by atoms with E-state index in [1.54, 1.807) is 0 Å². The number of aliphatic carboxylic acids is 3.